The highest BCUT2D eigenvalue weighted by molar-refractivity contribution is 6.30. The van der Waals surface area contributed by atoms with Crippen molar-refractivity contribution in [1.82, 2.24) is 10.2 Å². The predicted octanol–water partition coefficient (Wildman–Crippen LogP) is 2.26. The minimum atomic E-state index is -0.769. The number of amides is 4. The van der Waals surface area contributed by atoms with E-state index in [4.69, 9.17) is 9.15 Å². The number of furan rings is 1. The first-order valence-corrected chi connectivity index (χ1v) is 7.55. The molecule has 0 radical (unpaired) electrons. The lowest BCUT2D eigenvalue weighted by atomic mass is 10.0. The zero-order valence-corrected chi connectivity index (χ0v) is 13.7. The fourth-order valence-electron chi connectivity index (χ4n) is 2.49. The number of hydrogen-bond donors (Lipinski definition) is 1. The number of carbonyl (C=O) groups excluding carboxylic acids is 3. The maximum Gasteiger partial charge on any atom is 0.331 e. The zero-order chi connectivity index (χ0) is 18.0. The number of nitrogens with zero attached hydrogens (tertiary/aromatic N) is 1. The largest absolute Gasteiger partial charge is 0.497 e. The molecule has 2 heterocycles. The Morgan fingerprint density at radius 1 is 1.24 bits per heavy atom. The minimum absolute atomic E-state index is 0.0517. The Hall–Kier alpha value is -3.35. The molecule has 0 aliphatic carbocycles. The summed E-state index contributed by atoms with van der Waals surface area (Å²) in [5.74, 6) is -0.271. The van der Waals surface area contributed by atoms with Gasteiger partial charge >= 0.3 is 6.03 Å². The number of aryl methyl sites for hydroxylation is 1. The Kier molecular flexibility index (Phi) is 4.38. The van der Waals surface area contributed by atoms with Gasteiger partial charge in [-0.3, -0.25) is 19.8 Å². The van der Waals surface area contributed by atoms with Crippen molar-refractivity contribution in [2.75, 3.05) is 7.11 Å². The van der Waals surface area contributed by atoms with Crippen molar-refractivity contribution in [3.8, 4) is 5.75 Å². The number of hydrogen-bond acceptors (Lipinski definition) is 5. The Bertz CT molecular complexity index is 868. The fraction of sp³-hybridized carbons (Fsp3) is 0.167. The summed E-state index contributed by atoms with van der Waals surface area (Å²) in [6, 6.07) is 7.81. The van der Waals surface area contributed by atoms with E-state index in [0.717, 1.165) is 10.5 Å². The first-order chi connectivity index (χ1) is 12.0. The molecular formula is C18H16N2O5. The number of urea groups is 1. The molecule has 1 aliphatic heterocycles. The summed E-state index contributed by atoms with van der Waals surface area (Å²) in [7, 11) is 1.56. The molecule has 0 bridgehead atoms. The van der Waals surface area contributed by atoms with Gasteiger partial charge in [0.15, 0.2) is 0 Å². The lowest BCUT2D eigenvalue weighted by molar-refractivity contribution is -0.130. The normalized spacial score (nSPS) is 16.3. The SMILES string of the molecule is COc1ccc(C=C2C(=O)NC(=O)N(Cc3ccco3)C2=O)c(C)c1. The van der Waals surface area contributed by atoms with E-state index < -0.39 is 17.8 Å². The number of methoxy groups -OCH3 is 1. The topological polar surface area (TPSA) is 88.8 Å². The van der Waals surface area contributed by atoms with E-state index in [1.165, 1.54) is 12.3 Å². The predicted molar refractivity (Wildman–Crippen MR) is 88.5 cm³/mol. The summed E-state index contributed by atoms with van der Waals surface area (Å²) in [6.45, 7) is 1.79. The quantitative estimate of drug-likeness (QED) is 0.681. The number of ether oxygens (including phenoxy) is 1. The average molecular weight is 340 g/mol. The van der Waals surface area contributed by atoms with Crippen LogP contribution in [0, 0.1) is 6.92 Å². The highest BCUT2D eigenvalue weighted by Crippen LogP contribution is 2.22. The summed E-state index contributed by atoms with van der Waals surface area (Å²) in [5.41, 5.74) is 1.41. The molecule has 1 aliphatic rings. The van der Waals surface area contributed by atoms with E-state index in [2.05, 4.69) is 5.32 Å². The van der Waals surface area contributed by atoms with Gasteiger partial charge in [0.25, 0.3) is 11.8 Å². The molecule has 0 unspecified atom stereocenters. The highest BCUT2D eigenvalue weighted by atomic mass is 16.5. The number of rotatable bonds is 4. The average Bonchev–Trinajstić information content (AvgIpc) is 3.09. The molecule has 1 saturated heterocycles. The molecule has 0 saturated carbocycles. The smallest absolute Gasteiger partial charge is 0.331 e. The lowest BCUT2D eigenvalue weighted by Gasteiger charge is -2.25. The van der Waals surface area contributed by atoms with E-state index in [9.17, 15) is 14.4 Å². The Morgan fingerprint density at radius 3 is 2.68 bits per heavy atom. The molecule has 1 N–H and O–H groups in total. The van der Waals surface area contributed by atoms with Crippen molar-refractivity contribution in [3.63, 3.8) is 0 Å². The third-order valence-electron chi connectivity index (χ3n) is 3.86. The van der Waals surface area contributed by atoms with Crippen molar-refractivity contribution in [2.45, 2.75) is 13.5 Å². The van der Waals surface area contributed by atoms with Gasteiger partial charge in [-0.15, -0.1) is 0 Å². The van der Waals surface area contributed by atoms with Gasteiger partial charge < -0.3 is 9.15 Å². The molecule has 2 aromatic rings. The third kappa shape index (κ3) is 3.30. The van der Waals surface area contributed by atoms with Crippen LogP contribution < -0.4 is 10.1 Å². The van der Waals surface area contributed by atoms with Crippen molar-refractivity contribution >= 4 is 23.9 Å². The van der Waals surface area contributed by atoms with Gasteiger partial charge in [0, 0.05) is 0 Å². The summed E-state index contributed by atoms with van der Waals surface area (Å²) in [5, 5.41) is 2.18. The summed E-state index contributed by atoms with van der Waals surface area (Å²) in [6.07, 6.45) is 2.91. The van der Waals surface area contributed by atoms with Crippen LogP contribution in [0.4, 0.5) is 4.79 Å². The molecular weight excluding hydrogens is 324 g/mol. The molecule has 7 nitrogen and oxygen atoms in total. The van der Waals surface area contributed by atoms with E-state index >= 15 is 0 Å². The molecule has 0 spiro atoms. The molecule has 1 fully saturated rings. The molecule has 1 aromatic heterocycles. The highest BCUT2D eigenvalue weighted by Gasteiger charge is 2.36. The zero-order valence-electron chi connectivity index (χ0n) is 13.7. The summed E-state index contributed by atoms with van der Waals surface area (Å²) < 4.78 is 10.3. The van der Waals surface area contributed by atoms with Gasteiger partial charge in [0.1, 0.15) is 17.1 Å². The second-order valence-corrected chi connectivity index (χ2v) is 5.51. The van der Waals surface area contributed by atoms with Crippen LogP contribution in [0.5, 0.6) is 5.75 Å². The molecule has 128 valence electrons. The summed E-state index contributed by atoms with van der Waals surface area (Å²) in [4.78, 5) is 37.6. The molecule has 0 atom stereocenters. The molecule has 1 aromatic carbocycles. The second-order valence-electron chi connectivity index (χ2n) is 5.51. The summed E-state index contributed by atoms with van der Waals surface area (Å²) >= 11 is 0. The van der Waals surface area contributed by atoms with E-state index in [-0.39, 0.29) is 12.1 Å². The van der Waals surface area contributed by atoms with Gasteiger partial charge in [-0.2, -0.15) is 0 Å². The van der Waals surface area contributed by atoms with Gasteiger partial charge in [-0.25, -0.2) is 4.79 Å². The van der Waals surface area contributed by atoms with Crippen molar-refractivity contribution in [2.24, 2.45) is 0 Å². The lowest BCUT2D eigenvalue weighted by Crippen LogP contribution is -2.53. The van der Waals surface area contributed by atoms with Crippen molar-refractivity contribution in [3.05, 3.63) is 59.1 Å². The first kappa shape index (κ1) is 16.5. The number of carbonyl (C=O) groups is 3. The number of benzene rings is 1. The maximum absolute atomic E-state index is 12.6. The van der Waals surface area contributed by atoms with Crippen LogP contribution in [0.1, 0.15) is 16.9 Å². The van der Waals surface area contributed by atoms with Crippen LogP contribution in [0.15, 0.2) is 46.6 Å². The molecule has 3 rings (SSSR count). The number of imide groups is 2. The van der Waals surface area contributed by atoms with Gasteiger partial charge in [-0.1, -0.05) is 6.07 Å². The standard InChI is InChI=1S/C18H16N2O5/c1-11-8-13(24-2)6-5-12(11)9-15-16(21)19-18(23)20(17(15)22)10-14-4-3-7-25-14/h3-9H,10H2,1-2H3,(H,19,21,23). The van der Waals surface area contributed by atoms with Crippen LogP contribution in [0.25, 0.3) is 6.08 Å². The number of nitrogens with one attached hydrogen (secondary N) is 1. The minimum Gasteiger partial charge on any atom is -0.497 e. The molecule has 25 heavy (non-hydrogen) atoms. The van der Waals surface area contributed by atoms with E-state index in [1.54, 1.807) is 37.4 Å². The monoisotopic (exact) mass is 340 g/mol. The van der Waals surface area contributed by atoms with Crippen LogP contribution in [-0.2, 0) is 16.1 Å². The van der Waals surface area contributed by atoms with Crippen LogP contribution in [0.3, 0.4) is 0 Å². The fourth-order valence-corrected chi connectivity index (χ4v) is 2.49. The molecule has 7 heteroatoms. The Balaban J connectivity index is 1.93. The van der Waals surface area contributed by atoms with Crippen molar-refractivity contribution < 1.29 is 23.5 Å². The van der Waals surface area contributed by atoms with E-state index in [0.29, 0.717) is 17.1 Å². The maximum atomic E-state index is 12.6. The van der Waals surface area contributed by atoms with Crippen LogP contribution in [-0.4, -0.2) is 29.9 Å². The second kappa shape index (κ2) is 6.64. The Labute approximate surface area is 143 Å². The first-order valence-electron chi connectivity index (χ1n) is 7.55. The Morgan fingerprint density at radius 2 is 2.04 bits per heavy atom. The van der Waals surface area contributed by atoms with Gasteiger partial charge in [0.2, 0.25) is 0 Å². The van der Waals surface area contributed by atoms with Crippen LogP contribution in [0.2, 0.25) is 0 Å². The van der Waals surface area contributed by atoms with Crippen molar-refractivity contribution in [1.29, 1.82) is 0 Å². The molecule has 4 amide bonds. The van der Waals surface area contributed by atoms with Crippen LogP contribution >= 0.6 is 0 Å². The number of barbiturate groups is 1. The van der Waals surface area contributed by atoms with Gasteiger partial charge in [0.05, 0.1) is 19.9 Å². The van der Waals surface area contributed by atoms with E-state index in [1.807, 2.05) is 6.92 Å². The van der Waals surface area contributed by atoms with Gasteiger partial charge in [-0.05, 0) is 48.4 Å². The third-order valence-corrected chi connectivity index (χ3v) is 3.86.